The summed E-state index contributed by atoms with van der Waals surface area (Å²) in [6.07, 6.45) is 1.87. The van der Waals surface area contributed by atoms with E-state index in [4.69, 9.17) is 4.89 Å². The lowest BCUT2D eigenvalue weighted by Gasteiger charge is -2.01. The fraction of sp³-hybridized carbons (Fsp3) is 0.600. The minimum Gasteiger partial charge on any atom is -0.302 e. The first-order valence-corrected chi connectivity index (χ1v) is 4.40. The molecule has 2 unspecified atom stereocenters. The lowest BCUT2D eigenvalue weighted by atomic mass is 10.3. The van der Waals surface area contributed by atoms with Gasteiger partial charge < -0.3 is 4.89 Å². The molecule has 0 aromatic heterocycles. The molecule has 0 aromatic rings. The summed E-state index contributed by atoms with van der Waals surface area (Å²) in [6.45, 7) is 3.65. The van der Waals surface area contributed by atoms with Crippen LogP contribution in [-0.2, 0) is 13.6 Å². The second-order valence-electron chi connectivity index (χ2n) is 2.02. The molecule has 10 heavy (non-hydrogen) atoms. The summed E-state index contributed by atoms with van der Waals surface area (Å²) in [7, 11) is -3.68. The topological polar surface area (TPSA) is 55.8 Å². The molecular weight excluding hydrogens is 155 g/mol. The number of rotatable bonds is 2. The van der Waals surface area contributed by atoms with Gasteiger partial charge in [-0.25, -0.2) is 4.57 Å². The summed E-state index contributed by atoms with van der Waals surface area (Å²) in [4.78, 5) is 8.67. The molecule has 0 aliphatic carbocycles. The Morgan fingerprint density at radius 3 is 3.00 bits per heavy atom. The SMILES string of the molecule is C=CCC1COP(=O)(O)O1. The van der Waals surface area contributed by atoms with Crippen LogP contribution in [0.2, 0.25) is 0 Å². The predicted molar refractivity (Wildman–Crippen MR) is 35.5 cm³/mol. The summed E-state index contributed by atoms with van der Waals surface area (Å²) in [5, 5.41) is 0. The van der Waals surface area contributed by atoms with E-state index in [1.807, 2.05) is 0 Å². The van der Waals surface area contributed by atoms with Gasteiger partial charge in [-0.15, -0.1) is 6.58 Å². The van der Waals surface area contributed by atoms with E-state index in [1.54, 1.807) is 6.08 Å². The summed E-state index contributed by atoms with van der Waals surface area (Å²) in [5.41, 5.74) is 0. The van der Waals surface area contributed by atoms with Crippen molar-refractivity contribution in [3.8, 4) is 0 Å². The minimum atomic E-state index is -3.68. The average molecular weight is 164 g/mol. The normalized spacial score (nSPS) is 39.9. The summed E-state index contributed by atoms with van der Waals surface area (Å²) in [5.74, 6) is 0. The Labute approximate surface area is 59.1 Å². The third-order valence-corrected chi connectivity index (χ3v) is 2.18. The molecule has 1 fully saturated rings. The molecule has 1 aliphatic heterocycles. The van der Waals surface area contributed by atoms with Crippen LogP contribution in [0.5, 0.6) is 0 Å². The molecule has 0 amide bonds. The number of hydrogen-bond donors (Lipinski definition) is 1. The Balaban J connectivity index is 2.43. The van der Waals surface area contributed by atoms with Crippen molar-refractivity contribution >= 4 is 7.82 Å². The van der Waals surface area contributed by atoms with E-state index < -0.39 is 7.82 Å². The lowest BCUT2D eigenvalue weighted by Crippen LogP contribution is -2.06. The van der Waals surface area contributed by atoms with E-state index in [9.17, 15) is 4.57 Å². The Morgan fingerprint density at radius 2 is 2.60 bits per heavy atom. The Morgan fingerprint density at radius 1 is 1.90 bits per heavy atom. The first kappa shape index (κ1) is 7.95. The van der Waals surface area contributed by atoms with Gasteiger partial charge in [-0.2, -0.15) is 0 Å². The van der Waals surface area contributed by atoms with Crippen molar-refractivity contribution in [3.05, 3.63) is 12.7 Å². The van der Waals surface area contributed by atoms with E-state index in [0.717, 1.165) is 0 Å². The molecule has 2 atom stereocenters. The molecule has 0 bridgehead atoms. The highest BCUT2D eigenvalue weighted by atomic mass is 31.2. The van der Waals surface area contributed by atoms with Crippen molar-refractivity contribution in [1.29, 1.82) is 0 Å². The maximum Gasteiger partial charge on any atom is 0.472 e. The van der Waals surface area contributed by atoms with Crippen LogP contribution in [0.4, 0.5) is 0 Å². The Bertz CT molecular complexity index is 178. The van der Waals surface area contributed by atoms with Gasteiger partial charge in [0.05, 0.1) is 12.7 Å². The number of phosphoric ester groups is 1. The summed E-state index contributed by atoms with van der Waals surface area (Å²) in [6, 6.07) is 0. The van der Waals surface area contributed by atoms with Gasteiger partial charge in [0.2, 0.25) is 0 Å². The zero-order valence-electron chi connectivity index (χ0n) is 5.40. The van der Waals surface area contributed by atoms with Crippen LogP contribution in [0.1, 0.15) is 6.42 Å². The number of hydrogen-bond acceptors (Lipinski definition) is 3. The van der Waals surface area contributed by atoms with Crippen molar-refractivity contribution in [2.75, 3.05) is 6.61 Å². The minimum absolute atomic E-state index is 0.180. The van der Waals surface area contributed by atoms with Crippen molar-refractivity contribution in [3.63, 3.8) is 0 Å². The average Bonchev–Trinajstić information content (AvgIpc) is 2.12. The van der Waals surface area contributed by atoms with Crippen molar-refractivity contribution < 1.29 is 18.5 Å². The van der Waals surface area contributed by atoms with Gasteiger partial charge in [0.25, 0.3) is 0 Å². The lowest BCUT2D eigenvalue weighted by molar-refractivity contribution is 0.217. The Kier molecular flexibility index (Phi) is 2.26. The maximum atomic E-state index is 10.6. The summed E-state index contributed by atoms with van der Waals surface area (Å²) >= 11 is 0. The molecule has 4 nitrogen and oxygen atoms in total. The molecule has 1 aliphatic rings. The molecule has 1 saturated heterocycles. The first-order chi connectivity index (χ1) is 4.64. The van der Waals surface area contributed by atoms with Crippen molar-refractivity contribution in [1.82, 2.24) is 0 Å². The fourth-order valence-electron chi connectivity index (χ4n) is 0.724. The molecule has 58 valence electrons. The highest BCUT2D eigenvalue weighted by Gasteiger charge is 2.34. The van der Waals surface area contributed by atoms with Gasteiger partial charge in [-0.3, -0.25) is 9.05 Å². The van der Waals surface area contributed by atoms with Gasteiger partial charge >= 0.3 is 7.82 Å². The van der Waals surface area contributed by atoms with E-state index in [-0.39, 0.29) is 12.7 Å². The zero-order valence-corrected chi connectivity index (χ0v) is 6.29. The second kappa shape index (κ2) is 2.84. The third-order valence-electron chi connectivity index (χ3n) is 1.14. The van der Waals surface area contributed by atoms with Crippen LogP contribution in [-0.4, -0.2) is 17.6 Å². The monoisotopic (exact) mass is 164 g/mol. The van der Waals surface area contributed by atoms with Crippen molar-refractivity contribution in [2.45, 2.75) is 12.5 Å². The predicted octanol–water partition coefficient (Wildman–Crippen LogP) is 1.08. The zero-order chi connectivity index (χ0) is 7.61. The molecular formula is C5H9O4P. The van der Waals surface area contributed by atoms with Crippen LogP contribution >= 0.6 is 7.82 Å². The van der Waals surface area contributed by atoms with E-state index >= 15 is 0 Å². The highest BCUT2D eigenvalue weighted by molar-refractivity contribution is 7.47. The van der Waals surface area contributed by atoms with Gasteiger partial charge in [0.1, 0.15) is 0 Å². The fourth-order valence-corrected chi connectivity index (χ4v) is 1.66. The Hall–Kier alpha value is -0.150. The van der Waals surface area contributed by atoms with E-state index in [1.165, 1.54) is 0 Å². The standard InChI is InChI=1S/C5H9O4P/c1-2-3-5-4-8-10(6,7)9-5/h2,5H,1,3-4H2,(H,6,7). The van der Waals surface area contributed by atoms with Crippen LogP contribution in [0, 0.1) is 0 Å². The highest BCUT2D eigenvalue weighted by Crippen LogP contribution is 2.50. The van der Waals surface area contributed by atoms with Crippen molar-refractivity contribution in [2.24, 2.45) is 0 Å². The third kappa shape index (κ3) is 1.92. The molecule has 0 saturated carbocycles. The maximum absolute atomic E-state index is 10.6. The second-order valence-corrected chi connectivity index (χ2v) is 3.42. The van der Waals surface area contributed by atoms with Gasteiger partial charge in [0, 0.05) is 0 Å². The van der Waals surface area contributed by atoms with Crippen LogP contribution in [0.25, 0.3) is 0 Å². The van der Waals surface area contributed by atoms with E-state index in [0.29, 0.717) is 6.42 Å². The molecule has 0 aromatic carbocycles. The largest absolute Gasteiger partial charge is 0.472 e. The number of phosphoric acid groups is 1. The van der Waals surface area contributed by atoms with Crippen LogP contribution < -0.4 is 0 Å². The van der Waals surface area contributed by atoms with Gasteiger partial charge in [0.15, 0.2) is 0 Å². The molecule has 5 heteroatoms. The molecule has 1 heterocycles. The van der Waals surface area contributed by atoms with Gasteiger partial charge in [-0.1, -0.05) is 6.08 Å². The first-order valence-electron chi connectivity index (χ1n) is 2.91. The molecule has 0 spiro atoms. The van der Waals surface area contributed by atoms with Crippen LogP contribution in [0.15, 0.2) is 12.7 Å². The van der Waals surface area contributed by atoms with Crippen LogP contribution in [0.3, 0.4) is 0 Å². The quantitative estimate of drug-likeness (QED) is 0.490. The van der Waals surface area contributed by atoms with Gasteiger partial charge in [-0.05, 0) is 6.42 Å². The molecule has 0 radical (unpaired) electrons. The smallest absolute Gasteiger partial charge is 0.302 e. The molecule has 1 N–H and O–H groups in total. The molecule has 1 rings (SSSR count). The summed E-state index contributed by atoms with van der Waals surface area (Å²) < 4.78 is 19.6. The van der Waals surface area contributed by atoms with E-state index in [2.05, 4.69) is 15.6 Å².